The lowest BCUT2D eigenvalue weighted by molar-refractivity contribution is -0.120. The van der Waals surface area contributed by atoms with Crippen LogP contribution in [0.2, 0.25) is 0 Å². The van der Waals surface area contributed by atoms with Gasteiger partial charge in [0.1, 0.15) is 11.5 Å². The second-order valence-electron chi connectivity index (χ2n) is 7.28. The van der Waals surface area contributed by atoms with Crippen LogP contribution in [0.1, 0.15) is 24.1 Å². The number of para-hydroxylation sites is 1. The van der Waals surface area contributed by atoms with Crippen LogP contribution in [0.3, 0.4) is 0 Å². The van der Waals surface area contributed by atoms with Crippen molar-refractivity contribution in [2.75, 3.05) is 13.7 Å². The van der Waals surface area contributed by atoms with Gasteiger partial charge in [-0.1, -0.05) is 24.8 Å². The highest BCUT2D eigenvalue weighted by molar-refractivity contribution is 6.05. The SMILES string of the molecule is C=C1C2=C(C=C(OC)C1c1c3n(c4ccccc14)CCNC3)C(=O)C(C)O2. The minimum absolute atomic E-state index is 0.00964. The molecule has 0 saturated carbocycles. The number of fused-ring (bicyclic) bond motifs is 3. The summed E-state index contributed by atoms with van der Waals surface area (Å²) in [6, 6.07) is 8.46. The molecule has 1 aliphatic carbocycles. The third kappa shape index (κ3) is 2.18. The number of nitrogens with zero attached hydrogens (tertiary/aromatic N) is 1. The van der Waals surface area contributed by atoms with E-state index in [0.717, 1.165) is 31.0 Å². The van der Waals surface area contributed by atoms with E-state index in [1.807, 2.05) is 6.08 Å². The second-order valence-corrected chi connectivity index (χ2v) is 7.28. The average Bonchev–Trinajstić information content (AvgIpc) is 3.17. The summed E-state index contributed by atoms with van der Waals surface area (Å²) in [5.41, 5.74) is 5.04. The van der Waals surface area contributed by atoms with E-state index in [-0.39, 0.29) is 11.7 Å². The molecular weight excluding hydrogens is 340 g/mol. The molecule has 27 heavy (non-hydrogen) atoms. The molecular formula is C22H22N2O3. The number of rotatable bonds is 2. The van der Waals surface area contributed by atoms with Crippen LogP contribution in [0.4, 0.5) is 0 Å². The van der Waals surface area contributed by atoms with Gasteiger partial charge in [-0.15, -0.1) is 0 Å². The predicted octanol–water partition coefficient (Wildman–Crippen LogP) is 3.17. The van der Waals surface area contributed by atoms with Gasteiger partial charge in [0.05, 0.1) is 18.6 Å². The van der Waals surface area contributed by atoms with Gasteiger partial charge in [0.15, 0.2) is 6.10 Å². The van der Waals surface area contributed by atoms with Crippen LogP contribution in [0.25, 0.3) is 10.9 Å². The Morgan fingerprint density at radius 3 is 2.96 bits per heavy atom. The van der Waals surface area contributed by atoms with Gasteiger partial charge in [-0.05, 0) is 24.6 Å². The highest BCUT2D eigenvalue weighted by atomic mass is 16.5. The Balaban J connectivity index is 1.74. The number of aromatic nitrogens is 1. The number of Topliss-reactive ketones (excluding diaryl/α,β-unsaturated/α-hetero) is 1. The van der Waals surface area contributed by atoms with Crippen LogP contribution in [-0.2, 0) is 27.4 Å². The van der Waals surface area contributed by atoms with E-state index < -0.39 is 6.10 Å². The topological polar surface area (TPSA) is 52.5 Å². The first-order valence-electron chi connectivity index (χ1n) is 9.32. The first-order chi connectivity index (χ1) is 13.1. The maximum absolute atomic E-state index is 12.4. The Morgan fingerprint density at radius 1 is 1.33 bits per heavy atom. The minimum atomic E-state index is -0.471. The summed E-state index contributed by atoms with van der Waals surface area (Å²) in [5, 5.41) is 4.68. The zero-order valence-corrected chi connectivity index (χ0v) is 15.5. The molecule has 0 radical (unpaired) electrons. The van der Waals surface area contributed by atoms with Gasteiger partial charge < -0.3 is 19.4 Å². The quantitative estimate of drug-likeness (QED) is 0.892. The fourth-order valence-electron chi connectivity index (χ4n) is 4.58. The van der Waals surface area contributed by atoms with Gasteiger partial charge in [0, 0.05) is 41.8 Å². The minimum Gasteiger partial charge on any atom is -0.500 e. The fourth-order valence-corrected chi connectivity index (χ4v) is 4.58. The molecule has 1 N–H and O–H groups in total. The molecule has 5 rings (SSSR count). The molecule has 138 valence electrons. The van der Waals surface area contributed by atoms with Crippen molar-refractivity contribution in [1.82, 2.24) is 9.88 Å². The fraction of sp³-hybridized carbons (Fsp3) is 0.318. The van der Waals surface area contributed by atoms with Gasteiger partial charge in [0.25, 0.3) is 0 Å². The number of hydrogen-bond acceptors (Lipinski definition) is 4. The number of ether oxygens (including phenoxy) is 2. The molecule has 3 aliphatic rings. The maximum Gasteiger partial charge on any atom is 0.206 e. The Hall–Kier alpha value is -2.79. The first-order valence-corrected chi connectivity index (χ1v) is 9.32. The molecule has 0 saturated heterocycles. The molecule has 1 aromatic carbocycles. The normalized spacial score (nSPS) is 24.6. The average molecular weight is 362 g/mol. The summed E-state index contributed by atoms with van der Waals surface area (Å²) in [6.07, 6.45) is 1.37. The second kappa shape index (κ2) is 5.86. The molecule has 0 bridgehead atoms. The largest absolute Gasteiger partial charge is 0.500 e. The van der Waals surface area contributed by atoms with Gasteiger partial charge >= 0.3 is 0 Å². The van der Waals surface area contributed by atoms with Crippen LogP contribution in [0.5, 0.6) is 0 Å². The van der Waals surface area contributed by atoms with E-state index in [4.69, 9.17) is 9.47 Å². The smallest absolute Gasteiger partial charge is 0.206 e. The molecule has 5 heteroatoms. The molecule has 1 aromatic heterocycles. The maximum atomic E-state index is 12.4. The van der Waals surface area contributed by atoms with Crippen molar-refractivity contribution >= 4 is 16.7 Å². The monoisotopic (exact) mass is 362 g/mol. The van der Waals surface area contributed by atoms with Crippen molar-refractivity contribution in [1.29, 1.82) is 0 Å². The third-order valence-corrected chi connectivity index (χ3v) is 5.84. The van der Waals surface area contributed by atoms with Crippen LogP contribution in [0, 0.1) is 0 Å². The van der Waals surface area contributed by atoms with Crippen LogP contribution in [0.15, 0.2) is 59.6 Å². The highest BCUT2D eigenvalue weighted by Crippen LogP contribution is 2.48. The van der Waals surface area contributed by atoms with Crippen LogP contribution in [-0.4, -0.2) is 30.1 Å². The van der Waals surface area contributed by atoms with E-state index in [1.54, 1.807) is 14.0 Å². The zero-order chi connectivity index (χ0) is 18.7. The van der Waals surface area contributed by atoms with E-state index >= 15 is 0 Å². The van der Waals surface area contributed by atoms with Gasteiger partial charge in [-0.2, -0.15) is 0 Å². The van der Waals surface area contributed by atoms with Crippen molar-refractivity contribution in [3.63, 3.8) is 0 Å². The number of allylic oxidation sites excluding steroid dienone is 3. The molecule has 2 aromatic rings. The number of carbonyl (C=O) groups is 1. The van der Waals surface area contributed by atoms with Crippen molar-refractivity contribution in [2.45, 2.75) is 32.0 Å². The van der Waals surface area contributed by atoms with E-state index in [0.29, 0.717) is 11.3 Å². The first kappa shape index (κ1) is 16.4. The van der Waals surface area contributed by atoms with Gasteiger partial charge in [-0.25, -0.2) is 0 Å². The summed E-state index contributed by atoms with van der Waals surface area (Å²) in [4.78, 5) is 12.4. The molecule has 2 atom stereocenters. The summed E-state index contributed by atoms with van der Waals surface area (Å²) in [6.45, 7) is 8.79. The van der Waals surface area contributed by atoms with Gasteiger partial charge in [-0.3, -0.25) is 4.79 Å². The van der Waals surface area contributed by atoms with E-state index in [2.05, 4.69) is 40.7 Å². The molecule has 5 nitrogen and oxygen atoms in total. The molecule has 2 aliphatic heterocycles. The van der Waals surface area contributed by atoms with Gasteiger partial charge in [0.2, 0.25) is 5.78 Å². The van der Waals surface area contributed by atoms with E-state index in [9.17, 15) is 4.79 Å². The Morgan fingerprint density at radius 2 is 2.15 bits per heavy atom. The Bertz CT molecular complexity index is 1060. The van der Waals surface area contributed by atoms with Crippen LogP contribution >= 0.6 is 0 Å². The van der Waals surface area contributed by atoms with Crippen molar-refractivity contribution < 1.29 is 14.3 Å². The lowest BCUT2D eigenvalue weighted by atomic mass is 9.81. The lowest BCUT2D eigenvalue weighted by Crippen LogP contribution is -2.29. The third-order valence-electron chi connectivity index (χ3n) is 5.84. The van der Waals surface area contributed by atoms with E-state index in [1.165, 1.54) is 22.2 Å². The summed E-state index contributed by atoms with van der Waals surface area (Å²) in [5.74, 6) is 1.19. The molecule has 0 spiro atoms. The van der Waals surface area contributed by atoms with Crippen molar-refractivity contribution in [2.24, 2.45) is 0 Å². The number of hydrogen-bond donors (Lipinski definition) is 1. The van der Waals surface area contributed by atoms with Crippen molar-refractivity contribution in [3.05, 3.63) is 70.8 Å². The van der Waals surface area contributed by atoms with Crippen molar-refractivity contribution in [3.8, 4) is 0 Å². The zero-order valence-electron chi connectivity index (χ0n) is 15.5. The highest BCUT2D eigenvalue weighted by Gasteiger charge is 2.41. The summed E-state index contributed by atoms with van der Waals surface area (Å²) >= 11 is 0. The number of methoxy groups -OCH3 is 1. The number of ketones is 1. The Labute approximate surface area is 157 Å². The van der Waals surface area contributed by atoms with Crippen LogP contribution < -0.4 is 5.32 Å². The summed E-state index contributed by atoms with van der Waals surface area (Å²) < 4.78 is 14.0. The Kier molecular flexibility index (Phi) is 3.56. The molecule has 0 fully saturated rings. The number of nitrogens with one attached hydrogen (secondary N) is 1. The molecule has 0 amide bonds. The predicted molar refractivity (Wildman–Crippen MR) is 103 cm³/mol. The lowest BCUT2D eigenvalue weighted by Gasteiger charge is -2.28. The number of carbonyl (C=O) groups excluding carboxylic acids is 1. The number of benzene rings is 1. The summed E-state index contributed by atoms with van der Waals surface area (Å²) in [7, 11) is 1.66. The molecule has 3 heterocycles. The molecule has 2 unspecified atom stereocenters. The standard InChI is InChI=1S/C22H22N2O3/c1-12-19(18(26-3)10-15-21(25)13(2)27-22(12)15)20-14-6-4-5-7-16(14)24-9-8-23-11-17(20)24/h4-7,10,13,19,23H,1,8-9,11H2,2-3H3.